The van der Waals surface area contributed by atoms with Crippen molar-refractivity contribution in [3.8, 4) is 5.75 Å². The number of benzene rings is 1. The van der Waals surface area contributed by atoms with E-state index >= 15 is 0 Å². The SMILES string of the molecule is [B]c1ccc(OCCCC(F)(F)F)c(C(F)(F)F)c1. The maximum Gasteiger partial charge on any atom is 0.419 e. The van der Waals surface area contributed by atoms with Crippen molar-refractivity contribution >= 4 is 13.3 Å². The van der Waals surface area contributed by atoms with Gasteiger partial charge >= 0.3 is 12.4 Å². The fourth-order valence-corrected chi connectivity index (χ4v) is 1.35. The topological polar surface area (TPSA) is 9.23 Å². The van der Waals surface area contributed by atoms with Gasteiger partial charge in [-0.15, -0.1) is 0 Å². The minimum absolute atomic E-state index is 0.102. The summed E-state index contributed by atoms with van der Waals surface area (Å²) in [6, 6.07) is 2.86. The summed E-state index contributed by atoms with van der Waals surface area (Å²) in [6.45, 7) is -0.452. The third-order valence-corrected chi connectivity index (χ3v) is 2.17. The second-order valence-corrected chi connectivity index (χ2v) is 3.82. The van der Waals surface area contributed by atoms with Crippen molar-refractivity contribution in [2.45, 2.75) is 25.2 Å². The highest BCUT2D eigenvalue weighted by Crippen LogP contribution is 2.35. The zero-order valence-corrected chi connectivity index (χ0v) is 9.61. The van der Waals surface area contributed by atoms with Crippen LogP contribution in [0.1, 0.15) is 18.4 Å². The lowest BCUT2D eigenvalue weighted by Gasteiger charge is -2.15. The smallest absolute Gasteiger partial charge is 0.419 e. The monoisotopic (exact) mass is 282 g/mol. The summed E-state index contributed by atoms with van der Waals surface area (Å²) in [4.78, 5) is 0. The first-order valence-corrected chi connectivity index (χ1v) is 5.26. The van der Waals surface area contributed by atoms with Gasteiger partial charge in [0.2, 0.25) is 0 Å². The van der Waals surface area contributed by atoms with E-state index in [2.05, 4.69) is 0 Å². The molecule has 1 rings (SSSR count). The number of hydrogen-bond donors (Lipinski definition) is 0. The van der Waals surface area contributed by atoms with Gasteiger partial charge in [-0.2, -0.15) is 26.3 Å². The van der Waals surface area contributed by atoms with Gasteiger partial charge in [0.25, 0.3) is 0 Å². The molecule has 0 spiro atoms. The Kier molecular flexibility index (Phi) is 4.76. The number of alkyl halides is 6. The Morgan fingerprint density at radius 1 is 1.05 bits per heavy atom. The maximum absolute atomic E-state index is 12.6. The van der Waals surface area contributed by atoms with Crippen LogP contribution in [0.15, 0.2) is 18.2 Å². The lowest BCUT2D eigenvalue weighted by atomic mass is 9.94. The van der Waals surface area contributed by atoms with Crippen molar-refractivity contribution in [1.82, 2.24) is 0 Å². The standard InChI is InChI=1S/C11H9BF6O/c12-7-2-3-9(8(6-7)11(16,17)18)19-5-1-4-10(13,14)15/h2-3,6H,1,4-5H2. The summed E-state index contributed by atoms with van der Waals surface area (Å²) in [7, 11) is 5.23. The van der Waals surface area contributed by atoms with E-state index in [4.69, 9.17) is 12.6 Å². The van der Waals surface area contributed by atoms with Crippen LogP contribution in [0.5, 0.6) is 5.75 Å². The van der Waals surface area contributed by atoms with Crippen LogP contribution in [0.2, 0.25) is 0 Å². The fraction of sp³-hybridized carbons (Fsp3) is 0.455. The minimum Gasteiger partial charge on any atom is -0.493 e. The van der Waals surface area contributed by atoms with Gasteiger partial charge < -0.3 is 4.74 Å². The van der Waals surface area contributed by atoms with Crippen molar-refractivity contribution in [3.63, 3.8) is 0 Å². The molecule has 1 aromatic rings. The second-order valence-electron chi connectivity index (χ2n) is 3.82. The average molecular weight is 282 g/mol. The normalized spacial score (nSPS) is 12.5. The molecule has 0 saturated heterocycles. The van der Waals surface area contributed by atoms with E-state index in [1.807, 2.05) is 0 Å². The molecule has 2 radical (unpaired) electrons. The Morgan fingerprint density at radius 3 is 2.21 bits per heavy atom. The molecule has 0 amide bonds. The molecule has 0 saturated carbocycles. The molecule has 0 bridgehead atoms. The Bertz CT molecular complexity index is 426. The van der Waals surface area contributed by atoms with Gasteiger partial charge in [-0.1, -0.05) is 17.6 Å². The van der Waals surface area contributed by atoms with Crippen molar-refractivity contribution in [2.75, 3.05) is 6.61 Å². The number of halogens is 6. The maximum atomic E-state index is 12.6. The van der Waals surface area contributed by atoms with Crippen molar-refractivity contribution < 1.29 is 31.1 Å². The summed E-state index contributed by atoms with van der Waals surface area (Å²) in [6.07, 6.45) is -10.5. The van der Waals surface area contributed by atoms with Crippen molar-refractivity contribution in [2.24, 2.45) is 0 Å². The first-order chi connectivity index (χ1) is 8.59. The summed E-state index contributed by atoms with van der Waals surface area (Å²) < 4.78 is 78.1. The van der Waals surface area contributed by atoms with E-state index in [1.54, 1.807) is 0 Å². The van der Waals surface area contributed by atoms with E-state index in [9.17, 15) is 26.3 Å². The Hall–Kier alpha value is -1.34. The predicted molar refractivity (Wildman–Crippen MR) is 57.6 cm³/mol. The van der Waals surface area contributed by atoms with Gasteiger partial charge in [-0.05, 0) is 12.5 Å². The van der Waals surface area contributed by atoms with E-state index < -0.39 is 43.1 Å². The largest absolute Gasteiger partial charge is 0.493 e. The van der Waals surface area contributed by atoms with E-state index in [0.717, 1.165) is 6.07 Å². The second kappa shape index (κ2) is 5.75. The van der Waals surface area contributed by atoms with Gasteiger partial charge in [0.05, 0.1) is 12.2 Å². The lowest BCUT2D eigenvalue weighted by molar-refractivity contribution is -0.141. The summed E-state index contributed by atoms with van der Waals surface area (Å²) in [5, 5.41) is 0. The van der Waals surface area contributed by atoms with Crippen LogP contribution in [0.3, 0.4) is 0 Å². The van der Waals surface area contributed by atoms with E-state index in [-0.39, 0.29) is 5.46 Å². The van der Waals surface area contributed by atoms with Crippen LogP contribution in [-0.4, -0.2) is 20.6 Å². The molecule has 104 valence electrons. The number of hydrogen-bond acceptors (Lipinski definition) is 1. The Balaban J connectivity index is 2.68. The quantitative estimate of drug-likeness (QED) is 0.468. The third-order valence-electron chi connectivity index (χ3n) is 2.17. The van der Waals surface area contributed by atoms with Crippen LogP contribution >= 0.6 is 0 Å². The van der Waals surface area contributed by atoms with Gasteiger partial charge in [-0.25, -0.2) is 0 Å². The lowest BCUT2D eigenvalue weighted by Crippen LogP contribution is -2.15. The molecule has 8 heteroatoms. The van der Waals surface area contributed by atoms with Crippen molar-refractivity contribution in [1.29, 1.82) is 0 Å². The van der Waals surface area contributed by atoms with Crippen LogP contribution in [-0.2, 0) is 6.18 Å². The molecular weight excluding hydrogens is 273 g/mol. The van der Waals surface area contributed by atoms with Crippen LogP contribution in [0.4, 0.5) is 26.3 Å². The average Bonchev–Trinajstić information content (AvgIpc) is 2.23. The first kappa shape index (κ1) is 15.7. The molecule has 0 unspecified atom stereocenters. The molecule has 0 aliphatic carbocycles. The molecule has 0 fully saturated rings. The Morgan fingerprint density at radius 2 is 1.68 bits per heavy atom. The molecule has 0 heterocycles. The molecule has 1 nitrogen and oxygen atoms in total. The highest BCUT2D eigenvalue weighted by atomic mass is 19.4. The van der Waals surface area contributed by atoms with Crippen molar-refractivity contribution in [3.05, 3.63) is 23.8 Å². The molecule has 1 aromatic carbocycles. The van der Waals surface area contributed by atoms with E-state index in [0.29, 0.717) is 6.07 Å². The Labute approximate surface area is 107 Å². The van der Waals surface area contributed by atoms with Gasteiger partial charge in [0.15, 0.2) is 0 Å². The van der Waals surface area contributed by atoms with Crippen LogP contribution in [0, 0.1) is 0 Å². The number of rotatable bonds is 4. The van der Waals surface area contributed by atoms with Gasteiger partial charge in [-0.3, -0.25) is 0 Å². The van der Waals surface area contributed by atoms with Crippen LogP contribution in [0.25, 0.3) is 0 Å². The molecular formula is C11H9BF6O. The highest BCUT2D eigenvalue weighted by Gasteiger charge is 2.34. The van der Waals surface area contributed by atoms with Crippen LogP contribution < -0.4 is 10.2 Å². The highest BCUT2D eigenvalue weighted by molar-refractivity contribution is 6.32. The predicted octanol–water partition coefficient (Wildman–Crippen LogP) is 3.22. The molecule has 0 aliphatic heterocycles. The molecule has 19 heavy (non-hydrogen) atoms. The fourth-order valence-electron chi connectivity index (χ4n) is 1.35. The minimum atomic E-state index is -4.67. The summed E-state index contributed by atoms with van der Waals surface area (Å²) in [5.41, 5.74) is -1.20. The van der Waals surface area contributed by atoms with Gasteiger partial charge in [0, 0.05) is 6.42 Å². The zero-order valence-electron chi connectivity index (χ0n) is 9.61. The van der Waals surface area contributed by atoms with E-state index in [1.165, 1.54) is 6.07 Å². The molecule has 0 atom stereocenters. The third kappa shape index (κ3) is 5.44. The first-order valence-electron chi connectivity index (χ1n) is 5.26. The molecule has 0 aliphatic rings. The zero-order chi connectivity index (χ0) is 14.7. The molecule has 0 aromatic heterocycles. The summed E-state index contributed by atoms with van der Waals surface area (Å²) >= 11 is 0. The number of ether oxygens (including phenoxy) is 1. The molecule has 0 N–H and O–H groups in total. The van der Waals surface area contributed by atoms with Gasteiger partial charge in [0.1, 0.15) is 13.6 Å². The summed E-state index contributed by atoms with van der Waals surface area (Å²) in [5.74, 6) is -0.524.